The SMILES string of the molecule is CCN(CC)CCCCNC(=NC)NCC1CCCS1. The Morgan fingerprint density at radius 2 is 2.05 bits per heavy atom. The highest BCUT2D eigenvalue weighted by Gasteiger charge is 2.15. The number of aliphatic imine (C=N–C) groups is 1. The lowest BCUT2D eigenvalue weighted by atomic mass is 10.2. The van der Waals surface area contributed by atoms with Gasteiger partial charge in [-0.25, -0.2) is 0 Å². The van der Waals surface area contributed by atoms with Crippen molar-refractivity contribution in [3.05, 3.63) is 0 Å². The van der Waals surface area contributed by atoms with Gasteiger partial charge in [-0.15, -0.1) is 0 Å². The minimum Gasteiger partial charge on any atom is -0.356 e. The molecule has 0 spiro atoms. The van der Waals surface area contributed by atoms with Gasteiger partial charge in [-0.2, -0.15) is 11.8 Å². The maximum atomic E-state index is 4.29. The minimum atomic E-state index is 0.774. The molecule has 0 amide bonds. The molecule has 0 bridgehead atoms. The highest BCUT2D eigenvalue weighted by molar-refractivity contribution is 8.00. The number of hydrogen-bond donors (Lipinski definition) is 2. The van der Waals surface area contributed by atoms with Crippen molar-refractivity contribution in [1.82, 2.24) is 15.5 Å². The van der Waals surface area contributed by atoms with Crippen molar-refractivity contribution in [2.45, 2.75) is 44.8 Å². The average molecular weight is 301 g/mol. The van der Waals surface area contributed by atoms with Gasteiger partial charge in [-0.1, -0.05) is 13.8 Å². The van der Waals surface area contributed by atoms with Crippen molar-refractivity contribution >= 4 is 17.7 Å². The van der Waals surface area contributed by atoms with E-state index in [-0.39, 0.29) is 0 Å². The van der Waals surface area contributed by atoms with E-state index in [1.54, 1.807) is 0 Å². The predicted octanol–water partition coefficient (Wildman–Crippen LogP) is 2.17. The molecule has 1 atom stereocenters. The molecule has 0 radical (unpaired) electrons. The van der Waals surface area contributed by atoms with E-state index in [9.17, 15) is 0 Å². The summed E-state index contributed by atoms with van der Waals surface area (Å²) >= 11 is 2.08. The first-order valence-electron chi connectivity index (χ1n) is 8.08. The van der Waals surface area contributed by atoms with Gasteiger partial charge in [-0.05, 0) is 51.1 Å². The first-order valence-corrected chi connectivity index (χ1v) is 9.13. The summed E-state index contributed by atoms with van der Waals surface area (Å²) in [5.74, 6) is 2.28. The van der Waals surface area contributed by atoms with Gasteiger partial charge in [0.2, 0.25) is 0 Å². The van der Waals surface area contributed by atoms with Crippen LogP contribution in [0, 0.1) is 0 Å². The average Bonchev–Trinajstić information content (AvgIpc) is 2.99. The molecule has 20 heavy (non-hydrogen) atoms. The smallest absolute Gasteiger partial charge is 0.191 e. The van der Waals surface area contributed by atoms with Crippen LogP contribution in [0.4, 0.5) is 0 Å². The maximum absolute atomic E-state index is 4.29. The lowest BCUT2D eigenvalue weighted by Gasteiger charge is -2.18. The van der Waals surface area contributed by atoms with Crippen molar-refractivity contribution < 1.29 is 0 Å². The number of guanidine groups is 1. The zero-order valence-electron chi connectivity index (χ0n) is 13.5. The Morgan fingerprint density at radius 3 is 2.65 bits per heavy atom. The molecule has 1 aliphatic heterocycles. The van der Waals surface area contributed by atoms with Crippen LogP contribution < -0.4 is 10.6 Å². The highest BCUT2D eigenvalue weighted by Crippen LogP contribution is 2.25. The zero-order chi connectivity index (χ0) is 14.6. The van der Waals surface area contributed by atoms with E-state index in [1.807, 2.05) is 7.05 Å². The molecule has 1 rings (SSSR count). The fraction of sp³-hybridized carbons (Fsp3) is 0.933. The largest absolute Gasteiger partial charge is 0.356 e. The third-order valence-electron chi connectivity index (χ3n) is 3.83. The number of nitrogens with zero attached hydrogens (tertiary/aromatic N) is 2. The molecule has 1 heterocycles. The van der Waals surface area contributed by atoms with Gasteiger partial charge in [0.25, 0.3) is 0 Å². The van der Waals surface area contributed by atoms with Crippen molar-refractivity contribution in [3.63, 3.8) is 0 Å². The van der Waals surface area contributed by atoms with E-state index in [2.05, 4.69) is 46.1 Å². The van der Waals surface area contributed by atoms with E-state index >= 15 is 0 Å². The quantitative estimate of drug-likeness (QED) is 0.389. The molecular weight excluding hydrogens is 268 g/mol. The predicted molar refractivity (Wildman–Crippen MR) is 91.9 cm³/mol. The number of thioether (sulfide) groups is 1. The molecule has 0 saturated carbocycles. The third-order valence-corrected chi connectivity index (χ3v) is 5.23. The van der Waals surface area contributed by atoms with E-state index < -0.39 is 0 Å². The number of unbranched alkanes of at least 4 members (excludes halogenated alkanes) is 1. The van der Waals surface area contributed by atoms with Gasteiger partial charge in [0.1, 0.15) is 0 Å². The zero-order valence-corrected chi connectivity index (χ0v) is 14.3. The van der Waals surface area contributed by atoms with Gasteiger partial charge in [0.15, 0.2) is 5.96 Å². The maximum Gasteiger partial charge on any atom is 0.191 e. The molecule has 0 aromatic rings. The normalized spacial score (nSPS) is 19.6. The molecule has 118 valence electrons. The van der Waals surface area contributed by atoms with Crippen LogP contribution in [0.1, 0.15) is 39.5 Å². The second kappa shape index (κ2) is 11.3. The lowest BCUT2D eigenvalue weighted by Crippen LogP contribution is -2.40. The van der Waals surface area contributed by atoms with Gasteiger partial charge < -0.3 is 15.5 Å². The van der Waals surface area contributed by atoms with Crippen LogP contribution in [0.2, 0.25) is 0 Å². The summed E-state index contributed by atoms with van der Waals surface area (Å²) < 4.78 is 0. The summed E-state index contributed by atoms with van der Waals surface area (Å²) in [5.41, 5.74) is 0. The summed E-state index contributed by atoms with van der Waals surface area (Å²) in [6.07, 6.45) is 5.17. The summed E-state index contributed by atoms with van der Waals surface area (Å²) in [7, 11) is 1.85. The molecule has 0 aliphatic carbocycles. The van der Waals surface area contributed by atoms with Gasteiger partial charge in [-0.3, -0.25) is 4.99 Å². The topological polar surface area (TPSA) is 39.7 Å². The first-order chi connectivity index (χ1) is 9.80. The fourth-order valence-electron chi connectivity index (χ4n) is 2.44. The fourth-order valence-corrected chi connectivity index (χ4v) is 3.64. The van der Waals surface area contributed by atoms with E-state index in [0.29, 0.717) is 0 Å². The molecule has 2 N–H and O–H groups in total. The summed E-state index contributed by atoms with van der Waals surface area (Å²) in [4.78, 5) is 6.77. The summed E-state index contributed by atoms with van der Waals surface area (Å²) in [5, 5.41) is 7.63. The van der Waals surface area contributed by atoms with Gasteiger partial charge in [0, 0.05) is 25.4 Å². The molecule has 1 saturated heterocycles. The molecule has 0 aromatic carbocycles. The minimum absolute atomic E-state index is 0.774. The first kappa shape index (κ1) is 17.6. The number of rotatable bonds is 9. The molecule has 0 aromatic heterocycles. The molecule has 5 heteroatoms. The Morgan fingerprint density at radius 1 is 1.25 bits per heavy atom. The van der Waals surface area contributed by atoms with E-state index in [0.717, 1.165) is 37.4 Å². The summed E-state index contributed by atoms with van der Waals surface area (Å²) in [6.45, 7) is 10.0. The second-order valence-electron chi connectivity index (χ2n) is 5.25. The molecular formula is C15H32N4S. The van der Waals surface area contributed by atoms with Gasteiger partial charge in [0.05, 0.1) is 0 Å². The van der Waals surface area contributed by atoms with E-state index in [4.69, 9.17) is 0 Å². The Labute approximate surface area is 129 Å². The molecule has 1 fully saturated rings. The van der Waals surface area contributed by atoms with E-state index in [1.165, 1.54) is 38.0 Å². The van der Waals surface area contributed by atoms with Crippen LogP contribution in [-0.4, -0.2) is 61.6 Å². The van der Waals surface area contributed by atoms with Crippen LogP contribution in [0.25, 0.3) is 0 Å². The standard InChI is InChI=1S/C15H32N4S/c1-4-19(5-2)11-7-6-10-17-15(16-3)18-13-14-9-8-12-20-14/h14H,4-13H2,1-3H3,(H2,16,17,18). The lowest BCUT2D eigenvalue weighted by molar-refractivity contribution is 0.297. The number of hydrogen-bond acceptors (Lipinski definition) is 3. The van der Waals surface area contributed by atoms with Crippen molar-refractivity contribution in [2.24, 2.45) is 4.99 Å². The Bertz CT molecular complexity index is 261. The second-order valence-corrected chi connectivity index (χ2v) is 6.66. The molecule has 1 unspecified atom stereocenters. The van der Waals surface area contributed by atoms with Crippen molar-refractivity contribution in [1.29, 1.82) is 0 Å². The third kappa shape index (κ3) is 7.39. The van der Waals surface area contributed by atoms with Crippen LogP contribution in [0.5, 0.6) is 0 Å². The summed E-state index contributed by atoms with van der Waals surface area (Å²) in [6, 6.07) is 0. The van der Waals surface area contributed by atoms with Crippen LogP contribution in [-0.2, 0) is 0 Å². The monoisotopic (exact) mass is 300 g/mol. The number of nitrogens with one attached hydrogen (secondary N) is 2. The van der Waals surface area contributed by atoms with Crippen LogP contribution in [0.15, 0.2) is 4.99 Å². The van der Waals surface area contributed by atoms with Gasteiger partial charge >= 0.3 is 0 Å². The molecule has 1 aliphatic rings. The molecule has 4 nitrogen and oxygen atoms in total. The van der Waals surface area contributed by atoms with Crippen LogP contribution >= 0.6 is 11.8 Å². The van der Waals surface area contributed by atoms with Crippen molar-refractivity contribution in [3.8, 4) is 0 Å². The Balaban J connectivity index is 2.03. The Hall–Kier alpha value is -0.420. The van der Waals surface area contributed by atoms with Crippen molar-refractivity contribution in [2.75, 3.05) is 45.5 Å². The van der Waals surface area contributed by atoms with Crippen LogP contribution in [0.3, 0.4) is 0 Å². The Kier molecular flexibility index (Phi) is 9.93. The highest BCUT2D eigenvalue weighted by atomic mass is 32.2.